The number of benzene rings is 1. The van der Waals surface area contributed by atoms with Crippen molar-refractivity contribution >= 4 is 16.0 Å². The van der Waals surface area contributed by atoms with Crippen molar-refractivity contribution in [1.82, 2.24) is 4.31 Å². The van der Waals surface area contributed by atoms with Crippen LogP contribution in [0.1, 0.15) is 45.6 Å². The number of aliphatic carboxylic acids is 1. The maximum absolute atomic E-state index is 13.0. The van der Waals surface area contributed by atoms with E-state index in [1.807, 2.05) is 12.1 Å². The molecule has 2 bridgehead atoms. The van der Waals surface area contributed by atoms with Crippen molar-refractivity contribution in [2.45, 2.75) is 62.4 Å². The number of carboxylic acid groups (broad SMARTS) is 1. The van der Waals surface area contributed by atoms with Gasteiger partial charge in [-0.05, 0) is 48.3 Å². The van der Waals surface area contributed by atoms with E-state index in [4.69, 9.17) is 0 Å². The van der Waals surface area contributed by atoms with Crippen LogP contribution in [-0.2, 0) is 20.2 Å². The summed E-state index contributed by atoms with van der Waals surface area (Å²) in [5, 5.41) is 9.46. The SMILES string of the molecule is CC(C)(C)c1ccc(S(=O)(=O)N2[C@H]3CC[C@H](C3)[C@@H]2C(=O)O)cc1. The molecule has 0 aromatic heterocycles. The van der Waals surface area contributed by atoms with Gasteiger partial charge in [0.15, 0.2) is 0 Å². The third-order valence-electron chi connectivity index (χ3n) is 5.07. The van der Waals surface area contributed by atoms with Gasteiger partial charge >= 0.3 is 5.97 Å². The molecule has 2 aliphatic rings. The van der Waals surface area contributed by atoms with Crippen molar-refractivity contribution in [2.75, 3.05) is 0 Å². The van der Waals surface area contributed by atoms with Crippen LogP contribution < -0.4 is 0 Å². The zero-order valence-corrected chi connectivity index (χ0v) is 14.5. The van der Waals surface area contributed by atoms with Crippen LogP contribution in [0.5, 0.6) is 0 Å². The molecule has 1 aromatic rings. The molecule has 1 saturated carbocycles. The minimum atomic E-state index is -3.77. The van der Waals surface area contributed by atoms with Gasteiger partial charge in [0, 0.05) is 6.04 Å². The van der Waals surface area contributed by atoms with Crippen molar-refractivity contribution in [3.8, 4) is 0 Å². The van der Waals surface area contributed by atoms with Gasteiger partial charge in [0.1, 0.15) is 6.04 Å². The summed E-state index contributed by atoms with van der Waals surface area (Å²) in [5.41, 5.74) is 0.993. The summed E-state index contributed by atoms with van der Waals surface area (Å²) in [7, 11) is -3.77. The second-order valence-electron chi connectivity index (χ2n) is 7.62. The average Bonchev–Trinajstić information content (AvgIpc) is 3.07. The number of carboxylic acids is 1. The summed E-state index contributed by atoms with van der Waals surface area (Å²) in [6, 6.07) is 5.74. The lowest BCUT2D eigenvalue weighted by Crippen LogP contribution is -2.48. The monoisotopic (exact) mass is 337 g/mol. The summed E-state index contributed by atoms with van der Waals surface area (Å²) >= 11 is 0. The third kappa shape index (κ3) is 2.68. The highest BCUT2D eigenvalue weighted by atomic mass is 32.2. The van der Waals surface area contributed by atoms with Crippen molar-refractivity contribution < 1.29 is 18.3 Å². The Balaban J connectivity index is 1.97. The Morgan fingerprint density at radius 2 is 1.78 bits per heavy atom. The van der Waals surface area contributed by atoms with E-state index < -0.39 is 22.0 Å². The summed E-state index contributed by atoms with van der Waals surface area (Å²) in [6.45, 7) is 6.20. The Bertz CT molecular complexity index is 718. The Morgan fingerprint density at radius 3 is 2.30 bits per heavy atom. The van der Waals surface area contributed by atoms with E-state index in [2.05, 4.69) is 20.8 Å². The number of rotatable bonds is 3. The van der Waals surface area contributed by atoms with Gasteiger partial charge in [0.2, 0.25) is 10.0 Å². The highest BCUT2D eigenvalue weighted by molar-refractivity contribution is 7.89. The van der Waals surface area contributed by atoms with E-state index in [1.165, 1.54) is 4.31 Å². The van der Waals surface area contributed by atoms with Crippen molar-refractivity contribution in [3.63, 3.8) is 0 Å². The molecule has 1 N–H and O–H groups in total. The lowest BCUT2D eigenvalue weighted by atomic mass is 9.87. The summed E-state index contributed by atoms with van der Waals surface area (Å²) < 4.78 is 27.2. The minimum absolute atomic E-state index is 0.0545. The molecule has 0 radical (unpaired) electrons. The minimum Gasteiger partial charge on any atom is -0.480 e. The zero-order valence-electron chi connectivity index (χ0n) is 13.7. The molecule has 1 aromatic carbocycles. The fourth-order valence-electron chi connectivity index (χ4n) is 3.85. The van der Waals surface area contributed by atoms with Gasteiger partial charge in [-0.2, -0.15) is 4.31 Å². The van der Waals surface area contributed by atoms with Gasteiger partial charge in [-0.25, -0.2) is 8.42 Å². The standard InChI is InChI=1S/C17H23NO4S/c1-17(2,3)12-5-8-14(9-6-12)23(21,22)18-13-7-4-11(10-13)15(18)16(19)20/h5-6,8-9,11,13,15H,4,7,10H2,1-3H3,(H,19,20)/t11-,13+,15-/m1/s1. The molecule has 3 rings (SSSR count). The predicted octanol–water partition coefficient (Wildman–Crippen LogP) is 2.61. The fourth-order valence-corrected chi connectivity index (χ4v) is 5.72. The number of carbonyl (C=O) groups is 1. The van der Waals surface area contributed by atoms with E-state index in [9.17, 15) is 18.3 Å². The molecule has 126 valence electrons. The van der Waals surface area contributed by atoms with E-state index in [-0.39, 0.29) is 22.3 Å². The molecule has 6 heteroatoms. The molecule has 0 amide bonds. The quantitative estimate of drug-likeness (QED) is 0.920. The lowest BCUT2D eigenvalue weighted by molar-refractivity contribution is -0.142. The number of hydrogen-bond acceptors (Lipinski definition) is 3. The number of nitrogens with zero attached hydrogens (tertiary/aromatic N) is 1. The van der Waals surface area contributed by atoms with E-state index >= 15 is 0 Å². The topological polar surface area (TPSA) is 74.7 Å². The average molecular weight is 337 g/mol. The van der Waals surface area contributed by atoms with Gasteiger partial charge in [-0.15, -0.1) is 0 Å². The molecular weight excluding hydrogens is 314 g/mol. The summed E-state index contributed by atoms with van der Waals surface area (Å²) in [4.78, 5) is 11.7. The summed E-state index contributed by atoms with van der Waals surface area (Å²) in [6.07, 6.45) is 2.22. The highest BCUT2D eigenvalue weighted by Crippen LogP contribution is 2.45. The number of fused-ring (bicyclic) bond motifs is 2. The van der Waals surface area contributed by atoms with Gasteiger partial charge in [0.05, 0.1) is 4.90 Å². The molecule has 1 saturated heterocycles. The van der Waals surface area contributed by atoms with Crippen LogP contribution in [0.15, 0.2) is 29.2 Å². The van der Waals surface area contributed by atoms with Gasteiger partial charge < -0.3 is 5.11 Å². The first kappa shape index (κ1) is 16.5. The highest BCUT2D eigenvalue weighted by Gasteiger charge is 2.54. The molecule has 0 unspecified atom stereocenters. The molecule has 1 aliphatic heterocycles. The molecular formula is C17H23NO4S. The maximum Gasteiger partial charge on any atom is 0.322 e. The van der Waals surface area contributed by atoms with Crippen LogP contribution in [0.4, 0.5) is 0 Å². The second kappa shape index (κ2) is 5.31. The van der Waals surface area contributed by atoms with Crippen molar-refractivity contribution in [1.29, 1.82) is 0 Å². The Labute approximate surface area is 137 Å². The van der Waals surface area contributed by atoms with Crippen molar-refractivity contribution in [3.05, 3.63) is 29.8 Å². The fraction of sp³-hybridized carbons (Fsp3) is 0.588. The van der Waals surface area contributed by atoms with Crippen LogP contribution >= 0.6 is 0 Å². The normalized spacial score (nSPS) is 28.2. The number of sulfonamides is 1. The third-order valence-corrected chi connectivity index (χ3v) is 7.02. The second-order valence-corrected chi connectivity index (χ2v) is 9.46. The van der Waals surface area contributed by atoms with E-state index in [0.717, 1.165) is 18.4 Å². The van der Waals surface area contributed by atoms with Gasteiger partial charge in [-0.3, -0.25) is 4.79 Å². The Hall–Kier alpha value is -1.40. The number of hydrogen-bond donors (Lipinski definition) is 1. The Kier molecular flexibility index (Phi) is 3.80. The predicted molar refractivity (Wildman–Crippen MR) is 86.7 cm³/mol. The van der Waals surface area contributed by atoms with E-state index in [0.29, 0.717) is 6.42 Å². The largest absolute Gasteiger partial charge is 0.480 e. The molecule has 0 spiro atoms. The zero-order chi connectivity index (χ0) is 17.0. The van der Waals surface area contributed by atoms with Gasteiger partial charge in [-0.1, -0.05) is 32.9 Å². The lowest BCUT2D eigenvalue weighted by Gasteiger charge is -2.31. The molecule has 2 fully saturated rings. The van der Waals surface area contributed by atoms with Crippen molar-refractivity contribution in [2.24, 2.45) is 5.92 Å². The molecule has 1 aliphatic carbocycles. The maximum atomic E-state index is 13.0. The molecule has 3 atom stereocenters. The Morgan fingerprint density at radius 1 is 1.17 bits per heavy atom. The van der Waals surface area contributed by atoms with Crippen LogP contribution in [0.3, 0.4) is 0 Å². The van der Waals surface area contributed by atoms with Crippen LogP contribution in [0, 0.1) is 5.92 Å². The van der Waals surface area contributed by atoms with Crippen LogP contribution in [0.25, 0.3) is 0 Å². The first-order valence-corrected chi connectivity index (χ1v) is 9.43. The molecule has 23 heavy (non-hydrogen) atoms. The first-order chi connectivity index (χ1) is 10.6. The van der Waals surface area contributed by atoms with Gasteiger partial charge in [0.25, 0.3) is 0 Å². The molecule has 1 heterocycles. The first-order valence-electron chi connectivity index (χ1n) is 7.99. The van der Waals surface area contributed by atoms with Crippen LogP contribution in [0.2, 0.25) is 0 Å². The smallest absolute Gasteiger partial charge is 0.322 e. The van der Waals surface area contributed by atoms with Crippen LogP contribution in [-0.4, -0.2) is 35.9 Å². The summed E-state index contributed by atoms with van der Waals surface area (Å²) in [5.74, 6) is -1.09. The molecule has 5 nitrogen and oxygen atoms in total. The number of piperidine rings is 1. The van der Waals surface area contributed by atoms with E-state index in [1.54, 1.807) is 12.1 Å².